The van der Waals surface area contributed by atoms with Gasteiger partial charge in [0.2, 0.25) is 0 Å². The summed E-state index contributed by atoms with van der Waals surface area (Å²) in [5.41, 5.74) is 16.6. The maximum Gasteiger partial charge on any atom is 0.343 e. The minimum atomic E-state index is -0.477. The molecule has 0 bridgehead atoms. The Bertz CT molecular complexity index is 1330. The van der Waals surface area contributed by atoms with Gasteiger partial charge in [-0.2, -0.15) is 0 Å². The van der Waals surface area contributed by atoms with Crippen molar-refractivity contribution < 1.29 is 9.53 Å². The van der Waals surface area contributed by atoms with E-state index in [1.165, 1.54) is 31.2 Å². The monoisotopic (exact) mass is 566 g/mol. The van der Waals surface area contributed by atoms with Crippen LogP contribution in [-0.2, 0) is 0 Å². The number of nitrogen functional groups attached to an aromatic ring is 2. The van der Waals surface area contributed by atoms with Gasteiger partial charge in [-0.05, 0) is 65.8 Å². The van der Waals surface area contributed by atoms with Gasteiger partial charge in [0.25, 0.3) is 0 Å². The molecule has 1 aliphatic rings. The summed E-state index contributed by atoms with van der Waals surface area (Å²) >= 11 is 0. The Morgan fingerprint density at radius 1 is 0.636 bits per heavy atom. The third kappa shape index (κ3) is 8.49. The molecular formula is C25H41B15N2O2. The van der Waals surface area contributed by atoms with Crippen LogP contribution in [0.4, 0.5) is 11.4 Å². The second-order valence-electron chi connectivity index (χ2n) is 14.7. The molecule has 0 saturated heterocycles. The number of anilines is 2. The number of esters is 1. The first kappa shape index (κ1) is 34.6. The van der Waals surface area contributed by atoms with E-state index in [4.69, 9.17) is 16.2 Å². The van der Waals surface area contributed by atoms with E-state index in [1.54, 1.807) is 18.2 Å². The lowest BCUT2D eigenvalue weighted by Crippen LogP contribution is -2.75. The highest BCUT2D eigenvalue weighted by atomic mass is 16.5. The highest BCUT2D eigenvalue weighted by Gasteiger charge is 2.46. The van der Waals surface area contributed by atoms with Crippen molar-refractivity contribution in [3.05, 3.63) is 77.9 Å². The summed E-state index contributed by atoms with van der Waals surface area (Å²) in [6.45, 7) is 0.796. The molecule has 0 atom stereocenters. The zero-order valence-corrected chi connectivity index (χ0v) is 28.3. The van der Waals surface area contributed by atoms with Gasteiger partial charge in [0.05, 0.1) is 67.5 Å². The van der Waals surface area contributed by atoms with Crippen LogP contribution in [0.15, 0.2) is 66.7 Å². The lowest BCUT2D eigenvalue weighted by atomic mass is 8.47. The molecule has 0 heterocycles. The maximum atomic E-state index is 12.6. The summed E-state index contributed by atoms with van der Waals surface area (Å²) in [5.74, 6) is 1.46. The molecule has 1 fully saturated rings. The summed E-state index contributed by atoms with van der Waals surface area (Å²) in [6.07, 6.45) is 9.66. The number of nitrogens with two attached hydrogens (primary N) is 2. The smallest absolute Gasteiger partial charge is 0.343 e. The molecule has 4 rings (SSSR count). The largest absolute Gasteiger partial charge is 0.423 e. The summed E-state index contributed by atoms with van der Waals surface area (Å²) in [5, 5.41) is 0. The van der Waals surface area contributed by atoms with Crippen LogP contribution in [0, 0.1) is 0 Å². The highest BCUT2D eigenvalue weighted by molar-refractivity contribution is 8.08. The van der Waals surface area contributed by atoms with Crippen LogP contribution in [-0.4, -0.2) is 113 Å². The zero-order valence-electron chi connectivity index (χ0n) is 28.3. The number of carbonyl (C=O) groups is 1. The Morgan fingerprint density at radius 3 is 1.50 bits per heavy atom. The molecule has 19 heteroatoms. The first-order valence-corrected chi connectivity index (χ1v) is 16.9. The van der Waals surface area contributed by atoms with Crippen molar-refractivity contribution in [2.45, 2.75) is 37.4 Å². The van der Waals surface area contributed by atoms with Crippen LogP contribution in [0.25, 0.3) is 11.1 Å². The first-order chi connectivity index (χ1) is 20.8. The summed E-state index contributed by atoms with van der Waals surface area (Å²) in [6, 6.07) is 21.5. The molecule has 0 spiro atoms. The first-order valence-electron chi connectivity index (χ1n) is 16.9. The standard InChI is InChI=1S/C25H41B15N2O2/c26-35(27)39(36(28)29)34(40(37(30)31)38(32)33)21-9-5-18(6-10-21)16-1-3-17(4-2-16)19-7-11-24(12-8-19)44-25(43)20-13-22(41)15-23(42)14-20/h1-4,7-8,11-15,18,21H,5-6,9-10,26-33,41-42H2. The number of rotatable bonds is 11. The summed E-state index contributed by atoms with van der Waals surface area (Å²) in [7, 11) is 19.7. The Kier molecular flexibility index (Phi) is 12.0. The van der Waals surface area contributed by atoms with Crippen LogP contribution in [0.2, 0.25) is 5.82 Å². The molecule has 4 nitrogen and oxygen atoms in total. The van der Waals surface area contributed by atoms with Crippen molar-refractivity contribution in [1.82, 2.24) is 0 Å². The van der Waals surface area contributed by atoms with Gasteiger partial charge in [-0.25, -0.2) is 4.79 Å². The molecule has 1 aliphatic carbocycles. The van der Waals surface area contributed by atoms with E-state index in [0.29, 0.717) is 54.1 Å². The van der Waals surface area contributed by atoms with Gasteiger partial charge < -0.3 is 16.2 Å². The molecule has 0 radical (unpaired) electrons. The quantitative estimate of drug-likeness (QED) is 0.107. The number of ether oxygens (including phenoxy) is 1. The normalized spacial score (nSPS) is 15.9. The molecule has 4 N–H and O–H groups in total. The van der Waals surface area contributed by atoms with Crippen molar-refractivity contribution in [1.29, 1.82) is 0 Å². The van der Waals surface area contributed by atoms with E-state index < -0.39 is 5.97 Å². The number of hydrogen-bond acceptors (Lipinski definition) is 4. The molecule has 0 unspecified atom stereocenters. The maximum absolute atomic E-state index is 12.6. The number of benzene rings is 3. The Morgan fingerprint density at radius 2 is 1.07 bits per heavy atom. The van der Waals surface area contributed by atoms with E-state index in [2.05, 4.69) is 86.2 Å². The average Bonchev–Trinajstić information content (AvgIpc) is 2.96. The Hall–Kier alpha value is -2.30. The van der Waals surface area contributed by atoms with Crippen molar-refractivity contribution in [2.75, 3.05) is 11.5 Å². The lowest BCUT2D eigenvalue weighted by molar-refractivity contribution is 0.0735. The van der Waals surface area contributed by atoms with Crippen LogP contribution in [0.3, 0.4) is 0 Å². The SMILES string of the molecule is BB(B)B(B(B)B)B(B(B(B)B)B(B)B)C1CCC(c2ccc(-c3ccc(OC(=O)c4cc(N)cc(N)c4)cc3)cc2)CC1. The predicted molar refractivity (Wildman–Crippen MR) is 226 cm³/mol. The lowest BCUT2D eigenvalue weighted by Gasteiger charge is -2.44. The van der Waals surface area contributed by atoms with E-state index in [1.807, 2.05) is 24.3 Å². The van der Waals surface area contributed by atoms with Gasteiger partial charge >= 0.3 is 5.97 Å². The van der Waals surface area contributed by atoms with E-state index in [9.17, 15) is 4.79 Å². The Labute approximate surface area is 276 Å². The Balaban J connectivity index is 1.41. The van der Waals surface area contributed by atoms with Gasteiger partial charge in [-0.3, -0.25) is 0 Å². The van der Waals surface area contributed by atoms with Crippen molar-refractivity contribution >= 4 is 124 Å². The van der Waals surface area contributed by atoms with Gasteiger partial charge in [-0.1, -0.05) is 55.1 Å². The summed E-state index contributed by atoms with van der Waals surface area (Å²) in [4.78, 5) is 12.6. The molecule has 3 aromatic carbocycles. The minimum absolute atomic E-state index is 0.339. The van der Waals surface area contributed by atoms with E-state index >= 15 is 0 Å². The van der Waals surface area contributed by atoms with E-state index in [0.717, 1.165) is 36.2 Å². The minimum Gasteiger partial charge on any atom is -0.423 e. The molecule has 0 aliphatic heterocycles. The fourth-order valence-electron chi connectivity index (χ4n) is 8.66. The second-order valence-corrected chi connectivity index (χ2v) is 14.7. The fraction of sp³-hybridized carbons (Fsp3) is 0.240. The van der Waals surface area contributed by atoms with Gasteiger partial charge in [0.15, 0.2) is 0 Å². The summed E-state index contributed by atoms with van der Waals surface area (Å²) < 4.78 is 5.56. The molecule has 208 valence electrons. The highest BCUT2D eigenvalue weighted by Crippen LogP contribution is 2.41. The van der Waals surface area contributed by atoms with Crippen LogP contribution >= 0.6 is 0 Å². The topological polar surface area (TPSA) is 78.3 Å². The second kappa shape index (κ2) is 15.3. The number of carbonyl (C=O) groups excluding carboxylic acids is 1. The molecule has 0 amide bonds. The predicted octanol–water partition coefficient (Wildman–Crippen LogP) is -4.26. The van der Waals surface area contributed by atoms with Crippen LogP contribution in [0.1, 0.15) is 47.5 Å². The molecular weight excluding hydrogens is 522 g/mol. The molecule has 44 heavy (non-hydrogen) atoms. The zero-order chi connectivity index (χ0) is 32.1. The molecule has 0 aromatic heterocycles. The third-order valence-corrected chi connectivity index (χ3v) is 10.3. The van der Waals surface area contributed by atoms with Crippen molar-refractivity contribution in [3.63, 3.8) is 0 Å². The van der Waals surface area contributed by atoms with Crippen molar-refractivity contribution in [2.24, 2.45) is 0 Å². The van der Waals surface area contributed by atoms with Crippen LogP contribution < -0.4 is 16.2 Å². The number of hydrogen-bond donors (Lipinski definition) is 2. The molecule has 3 aromatic rings. The van der Waals surface area contributed by atoms with E-state index in [-0.39, 0.29) is 0 Å². The van der Waals surface area contributed by atoms with Crippen molar-refractivity contribution in [3.8, 4) is 16.9 Å². The average molecular weight is 564 g/mol. The third-order valence-electron chi connectivity index (χ3n) is 10.3. The van der Waals surface area contributed by atoms with Gasteiger partial charge in [-0.15, -0.1) is 0 Å². The fourth-order valence-corrected chi connectivity index (χ4v) is 8.66. The van der Waals surface area contributed by atoms with Gasteiger partial charge in [0, 0.05) is 56.2 Å². The molecule has 1 saturated carbocycles. The van der Waals surface area contributed by atoms with Gasteiger partial charge in [0.1, 0.15) is 5.75 Å². The van der Waals surface area contributed by atoms with Crippen LogP contribution in [0.5, 0.6) is 5.75 Å².